The van der Waals surface area contributed by atoms with Gasteiger partial charge >= 0.3 is 0 Å². The van der Waals surface area contributed by atoms with Crippen LogP contribution in [-0.2, 0) is 6.54 Å². The average Bonchev–Trinajstić information content (AvgIpc) is 2.34. The molecule has 0 amide bonds. The SMILES string of the molecule is I.NCCCn1ccnc1. The maximum atomic E-state index is 5.31. The summed E-state index contributed by atoms with van der Waals surface area (Å²) in [7, 11) is 0. The number of aryl methyl sites for hydroxylation is 1. The summed E-state index contributed by atoms with van der Waals surface area (Å²) < 4.78 is 2.02. The standard InChI is InChI=1S/C6H11N3.HI/c7-2-1-4-9-5-3-8-6-9;/h3,5-6H,1-2,4,7H2;1H. The Bertz CT molecular complexity index is 150. The smallest absolute Gasteiger partial charge is 0.0945 e. The predicted octanol–water partition coefficient (Wildman–Crippen LogP) is 0.850. The Hall–Kier alpha value is -0.100. The minimum atomic E-state index is 0. The number of aromatic nitrogens is 2. The normalized spacial score (nSPS) is 8.90. The molecule has 0 saturated heterocycles. The Morgan fingerprint density at radius 1 is 1.50 bits per heavy atom. The van der Waals surface area contributed by atoms with Crippen LogP contribution in [0.5, 0.6) is 0 Å². The van der Waals surface area contributed by atoms with Gasteiger partial charge in [-0.05, 0) is 13.0 Å². The second-order valence-corrected chi connectivity index (χ2v) is 1.94. The molecule has 1 heterocycles. The van der Waals surface area contributed by atoms with E-state index in [0.717, 1.165) is 19.5 Å². The third kappa shape index (κ3) is 3.17. The monoisotopic (exact) mass is 253 g/mol. The molecule has 0 fully saturated rings. The maximum Gasteiger partial charge on any atom is 0.0945 e. The Labute approximate surface area is 77.6 Å². The summed E-state index contributed by atoms with van der Waals surface area (Å²) in [4.78, 5) is 3.90. The molecule has 4 heteroatoms. The predicted molar refractivity (Wildman–Crippen MR) is 51.3 cm³/mol. The van der Waals surface area contributed by atoms with Crippen molar-refractivity contribution in [1.29, 1.82) is 0 Å². The van der Waals surface area contributed by atoms with Gasteiger partial charge in [-0.25, -0.2) is 4.98 Å². The molecule has 0 saturated carbocycles. The third-order valence-electron chi connectivity index (χ3n) is 1.18. The summed E-state index contributed by atoms with van der Waals surface area (Å²) in [5.41, 5.74) is 5.31. The maximum absolute atomic E-state index is 5.31. The highest BCUT2D eigenvalue weighted by atomic mass is 127. The van der Waals surface area contributed by atoms with Gasteiger partial charge < -0.3 is 10.3 Å². The van der Waals surface area contributed by atoms with Gasteiger partial charge in [0.05, 0.1) is 6.33 Å². The van der Waals surface area contributed by atoms with Gasteiger partial charge in [-0.3, -0.25) is 0 Å². The second kappa shape index (κ2) is 5.67. The topological polar surface area (TPSA) is 43.8 Å². The Morgan fingerprint density at radius 3 is 2.80 bits per heavy atom. The van der Waals surface area contributed by atoms with E-state index in [1.165, 1.54) is 0 Å². The van der Waals surface area contributed by atoms with E-state index in [1.54, 1.807) is 12.5 Å². The Kier molecular flexibility index (Phi) is 5.61. The molecule has 0 radical (unpaired) electrons. The van der Waals surface area contributed by atoms with Crippen LogP contribution in [0.2, 0.25) is 0 Å². The van der Waals surface area contributed by atoms with Crippen LogP contribution in [0.4, 0.5) is 0 Å². The van der Waals surface area contributed by atoms with Crippen LogP contribution >= 0.6 is 24.0 Å². The summed E-state index contributed by atoms with van der Waals surface area (Å²) in [6, 6.07) is 0. The van der Waals surface area contributed by atoms with Gasteiger partial charge in [0, 0.05) is 18.9 Å². The van der Waals surface area contributed by atoms with Gasteiger partial charge in [-0.2, -0.15) is 0 Å². The van der Waals surface area contributed by atoms with Gasteiger partial charge in [0.1, 0.15) is 0 Å². The molecular weight excluding hydrogens is 241 g/mol. The molecule has 0 aliphatic heterocycles. The molecule has 1 aromatic heterocycles. The van der Waals surface area contributed by atoms with E-state index >= 15 is 0 Å². The van der Waals surface area contributed by atoms with Crippen molar-refractivity contribution in [2.75, 3.05) is 6.54 Å². The van der Waals surface area contributed by atoms with Crippen molar-refractivity contribution in [1.82, 2.24) is 9.55 Å². The fraction of sp³-hybridized carbons (Fsp3) is 0.500. The summed E-state index contributed by atoms with van der Waals surface area (Å²) in [6.45, 7) is 1.73. The third-order valence-corrected chi connectivity index (χ3v) is 1.18. The van der Waals surface area contributed by atoms with Gasteiger partial charge in [-0.15, -0.1) is 24.0 Å². The number of hydrogen-bond acceptors (Lipinski definition) is 2. The van der Waals surface area contributed by atoms with E-state index in [2.05, 4.69) is 4.98 Å². The molecule has 0 aliphatic rings. The summed E-state index contributed by atoms with van der Waals surface area (Å²) in [6.07, 6.45) is 6.54. The van der Waals surface area contributed by atoms with E-state index in [-0.39, 0.29) is 24.0 Å². The summed E-state index contributed by atoms with van der Waals surface area (Å²) in [5.74, 6) is 0. The zero-order chi connectivity index (χ0) is 6.53. The number of imidazole rings is 1. The van der Waals surface area contributed by atoms with Crippen molar-refractivity contribution in [3.63, 3.8) is 0 Å². The molecule has 1 aromatic rings. The number of nitrogens with two attached hydrogens (primary N) is 1. The van der Waals surface area contributed by atoms with E-state index < -0.39 is 0 Å². The lowest BCUT2D eigenvalue weighted by Crippen LogP contribution is -2.03. The second-order valence-electron chi connectivity index (χ2n) is 1.94. The average molecular weight is 253 g/mol. The lowest BCUT2D eigenvalue weighted by Gasteiger charge is -1.96. The van der Waals surface area contributed by atoms with Gasteiger partial charge in [0.2, 0.25) is 0 Å². The molecule has 0 aromatic carbocycles. The number of nitrogens with zero attached hydrogens (tertiary/aromatic N) is 2. The number of hydrogen-bond donors (Lipinski definition) is 1. The van der Waals surface area contributed by atoms with Crippen LogP contribution in [0.25, 0.3) is 0 Å². The Morgan fingerprint density at radius 2 is 2.30 bits per heavy atom. The van der Waals surface area contributed by atoms with Crippen molar-refractivity contribution in [3.8, 4) is 0 Å². The molecule has 10 heavy (non-hydrogen) atoms. The first-order valence-corrected chi connectivity index (χ1v) is 3.09. The van der Waals surface area contributed by atoms with Crippen molar-refractivity contribution in [3.05, 3.63) is 18.7 Å². The molecule has 1 rings (SSSR count). The molecule has 0 unspecified atom stereocenters. The van der Waals surface area contributed by atoms with E-state index in [1.807, 2.05) is 10.8 Å². The molecular formula is C6H12IN3. The lowest BCUT2D eigenvalue weighted by molar-refractivity contribution is 0.650. The van der Waals surface area contributed by atoms with E-state index in [9.17, 15) is 0 Å². The highest BCUT2D eigenvalue weighted by Crippen LogP contribution is 1.87. The molecule has 0 aliphatic carbocycles. The first-order valence-electron chi connectivity index (χ1n) is 3.09. The molecule has 3 nitrogen and oxygen atoms in total. The van der Waals surface area contributed by atoms with Crippen LogP contribution in [0.3, 0.4) is 0 Å². The van der Waals surface area contributed by atoms with E-state index in [0.29, 0.717) is 0 Å². The van der Waals surface area contributed by atoms with Crippen LogP contribution in [-0.4, -0.2) is 16.1 Å². The first-order chi connectivity index (χ1) is 4.43. The van der Waals surface area contributed by atoms with Crippen LogP contribution in [0.15, 0.2) is 18.7 Å². The van der Waals surface area contributed by atoms with E-state index in [4.69, 9.17) is 5.73 Å². The van der Waals surface area contributed by atoms with Crippen LogP contribution < -0.4 is 5.73 Å². The highest BCUT2D eigenvalue weighted by Gasteiger charge is 1.85. The molecule has 2 N–H and O–H groups in total. The molecule has 58 valence electrons. The molecule has 0 atom stereocenters. The van der Waals surface area contributed by atoms with Gasteiger partial charge in [0.15, 0.2) is 0 Å². The number of halogens is 1. The fourth-order valence-corrected chi connectivity index (χ4v) is 0.693. The molecule has 0 bridgehead atoms. The molecule has 0 spiro atoms. The van der Waals surface area contributed by atoms with Crippen molar-refractivity contribution in [2.24, 2.45) is 5.73 Å². The van der Waals surface area contributed by atoms with Crippen LogP contribution in [0.1, 0.15) is 6.42 Å². The van der Waals surface area contributed by atoms with Crippen molar-refractivity contribution >= 4 is 24.0 Å². The summed E-state index contributed by atoms with van der Waals surface area (Å²) in [5, 5.41) is 0. The van der Waals surface area contributed by atoms with Gasteiger partial charge in [-0.1, -0.05) is 0 Å². The fourth-order valence-electron chi connectivity index (χ4n) is 0.693. The minimum Gasteiger partial charge on any atom is -0.337 e. The zero-order valence-electron chi connectivity index (χ0n) is 5.73. The number of rotatable bonds is 3. The largest absolute Gasteiger partial charge is 0.337 e. The lowest BCUT2D eigenvalue weighted by atomic mass is 10.4. The van der Waals surface area contributed by atoms with Crippen molar-refractivity contribution < 1.29 is 0 Å². The quantitative estimate of drug-likeness (QED) is 0.811. The van der Waals surface area contributed by atoms with Crippen molar-refractivity contribution in [2.45, 2.75) is 13.0 Å². The Balaban J connectivity index is 0.000000810. The highest BCUT2D eigenvalue weighted by molar-refractivity contribution is 14.0. The van der Waals surface area contributed by atoms with Crippen LogP contribution in [0, 0.1) is 0 Å². The minimum absolute atomic E-state index is 0. The summed E-state index contributed by atoms with van der Waals surface area (Å²) >= 11 is 0. The first kappa shape index (κ1) is 9.90. The zero-order valence-corrected chi connectivity index (χ0v) is 8.06. The van der Waals surface area contributed by atoms with Gasteiger partial charge in [0.25, 0.3) is 0 Å².